The second-order valence-electron chi connectivity index (χ2n) is 3.35. The molecule has 0 atom stereocenters. The molecule has 0 unspecified atom stereocenters. The van der Waals surface area contributed by atoms with Gasteiger partial charge < -0.3 is 4.74 Å². The van der Waals surface area contributed by atoms with Crippen molar-refractivity contribution in [3.05, 3.63) is 23.0 Å². The number of nitrogens with one attached hydrogen (secondary N) is 1. The molecule has 0 aromatic carbocycles. The average Bonchev–Trinajstić information content (AvgIpc) is 2.79. The largest absolute Gasteiger partial charge is 0.442 e. The van der Waals surface area contributed by atoms with Crippen LogP contribution in [0.5, 0.6) is 0 Å². The highest BCUT2D eigenvalue weighted by molar-refractivity contribution is 7.15. The van der Waals surface area contributed by atoms with Crippen LogP contribution in [-0.4, -0.2) is 27.8 Å². The third-order valence-corrected chi connectivity index (χ3v) is 3.09. The molecule has 2 aromatic heterocycles. The molecule has 1 aliphatic heterocycles. The average molecular weight is 236 g/mol. The van der Waals surface area contributed by atoms with E-state index in [0.717, 1.165) is 16.3 Å². The number of hydrazone groups is 1. The number of amides is 1. The van der Waals surface area contributed by atoms with E-state index in [9.17, 15) is 4.79 Å². The minimum absolute atomic E-state index is 0.177. The van der Waals surface area contributed by atoms with Gasteiger partial charge in [-0.1, -0.05) is 0 Å². The number of carbonyl (C=O) groups is 1. The monoisotopic (exact) mass is 236 g/mol. The van der Waals surface area contributed by atoms with Crippen LogP contribution in [0.25, 0.3) is 4.96 Å². The van der Waals surface area contributed by atoms with E-state index >= 15 is 0 Å². The predicted octanol–water partition coefficient (Wildman–Crippen LogP) is 1.15. The van der Waals surface area contributed by atoms with Crippen molar-refractivity contribution in [3.63, 3.8) is 0 Å². The molecule has 1 amide bonds. The number of hydrogen-bond acceptors (Lipinski definition) is 5. The standard InChI is InChI=1S/C9H8N4O2S/c1-5-7(6-4-15-9(14)12-11-6)13-2-3-16-8(13)10-5/h2-3H,4H2,1H3,(H,12,14). The van der Waals surface area contributed by atoms with E-state index in [0.29, 0.717) is 5.71 Å². The molecule has 16 heavy (non-hydrogen) atoms. The third-order valence-electron chi connectivity index (χ3n) is 2.33. The Balaban J connectivity index is 2.14. The first-order chi connectivity index (χ1) is 7.75. The van der Waals surface area contributed by atoms with Gasteiger partial charge in [0.15, 0.2) is 4.96 Å². The molecule has 3 rings (SSSR count). The highest BCUT2D eigenvalue weighted by Gasteiger charge is 2.20. The van der Waals surface area contributed by atoms with Crippen LogP contribution in [0.15, 0.2) is 16.7 Å². The Kier molecular flexibility index (Phi) is 1.93. The Morgan fingerprint density at radius 2 is 2.50 bits per heavy atom. The van der Waals surface area contributed by atoms with Gasteiger partial charge >= 0.3 is 6.09 Å². The molecule has 1 N–H and O–H groups in total. The summed E-state index contributed by atoms with van der Waals surface area (Å²) in [5.74, 6) is 0. The molecule has 0 radical (unpaired) electrons. The summed E-state index contributed by atoms with van der Waals surface area (Å²) in [7, 11) is 0. The minimum Gasteiger partial charge on any atom is -0.442 e. The Labute approximate surface area is 94.6 Å². The number of rotatable bonds is 1. The van der Waals surface area contributed by atoms with Crippen molar-refractivity contribution in [1.29, 1.82) is 0 Å². The maximum Gasteiger partial charge on any atom is 0.428 e. The summed E-state index contributed by atoms with van der Waals surface area (Å²) in [6.45, 7) is 2.09. The van der Waals surface area contributed by atoms with E-state index in [4.69, 9.17) is 4.74 Å². The number of hydrogen-bond donors (Lipinski definition) is 1. The molecule has 7 heteroatoms. The lowest BCUT2D eigenvalue weighted by Gasteiger charge is -2.12. The van der Waals surface area contributed by atoms with E-state index in [1.807, 2.05) is 22.9 Å². The van der Waals surface area contributed by atoms with E-state index in [-0.39, 0.29) is 6.61 Å². The molecular formula is C9H8N4O2S. The van der Waals surface area contributed by atoms with Gasteiger partial charge in [0.05, 0.1) is 11.4 Å². The maximum absolute atomic E-state index is 10.8. The van der Waals surface area contributed by atoms with Gasteiger partial charge in [-0.15, -0.1) is 11.3 Å². The molecule has 6 nitrogen and oxygen atoms in total. The van der Waals surface area contributed by atoms with Crippen molar-refractivity contribution in [1.82, 2.24) is 14.8 Å². The molecule has 1 aliphatic rings. The van der Waals surface area contributed by atoms with Gasteiger partial charge in [-0.2, -0.15) is 5.10 Å². The number of carbonyl (C=O) groups excluding carboxylic acids is 1. The first kappa shape index (κ1) is 9.34. The fourth-order valence-corrected chi connectivity index (χ4v) is 2.43. The first-order valence-corrected chi connectivity index (χ1v) is 5.55. The molecule has 0 aliphatic carbocycles. The smallest absolute Gasteiger partial charge is 0.428 e. The topological polar surface area (TPSA) is 68.0 Å². The predicted molar refractivity (Wildman–Crippen MR) is 58.8 cm³/mol. The summed E-state index contributed by atoms with van der Waals surface area (Å²) in [6.07, 6.45) is 1.40. The van der Waals surface area contributed by atoms with E-state index < -0.39 is 6.09 Å². The molecule has 2 aromatic rings. The number of aryl methyl sites for hydroxylation is 1. The van der Waals surface area contributed by atoms with E-state index in [2.05, 4.69) is 15.5 Å². The van der Waals surface area contributed by atoms with Crippen LogP contribution >= 0.6 is 11.3 Å². The summed E-state index contributed by atoms with van der Waals surface area (Å²) in [5.41, 5.74) is 4.74. The van der Waals surface area contributed by atoms with Crippen molar-refractivity contribution in [2.45, 2.75) is 6.92 Å². The zero-order valence-corrected chi connectivity index (χ0v) is 9.24. The molecule has 3 heterocycles. The van der Waals surface area contributed by atoms with E-state index in [1.54, 1.807) is 11.3 Å². The van der Waals surface area contributed by atoms with Crippen molar-refractivity contribution in [3.8, 4) is 0 Å². The van der Waals surface area contributed by atoms with Gasteiger partial charge in [0.2, 0.25) is 0 Å². The molecular weight excluding hydrogens is 228 g/mol. The number of fused-ring (bicyclic) bond motifs is 1. The van der Waals surface area contributed by atoms with Crippen molar-refractivity contribution in [2.75, 3.05) is 6.61 Å². The Morgan fingerprint density at radius 1 is 1.62 bits per heavy atom. The lowest BCUT2D eigenvalue weighted by atomic mass is 10.2. The van der Waals surface area contributed by atoms with Crippen molar-refractivity contribution < 1.29 is 9.53 Å². The van der Waals surface area contributed by atoms with Gasteiger partial charge in [0.25, 0.3) is 0 Å². The second-order valence-corrected chi connectivity index (χ2v) is 4.22. The second kappa shape index (κ2) is 3.31. The van der Waals surface area contributed by atoms with Crippen LogP contribution in [-0.2, 0) is 4.74 Å². The molecule has 0 bridgehead atoms. The SMILES string of the molecule is Cc1nc2sccn2c1C1=NNC(=O)OC1. The quantitative estimate of drug-likeness (QED) is 0.807. The van der Waals surface area contributed by atoms with Gasteiger partial charge in [0.1, 0.15) is 12.3 Å². The van der Waals surface area contributed by atoms with Crippen LogP contribution in [0.4, 0.5) is 4.79 Å². The minimum atomic E-state index is -0.521. The number of nitrogens with zero attached hydrogens (tertiary/aromatic N) is 3. The lowest BCUT2D eigenvalue weighted by Crippen LogP contribution is -2.31. The molecule has 0 saturated carbocycles. The highest BCUT2D eigenvalue weighted by atomic mass is 32.1. The fraction of sp³-hybridized carbons (Fsp3) is 0.222. The summed E-state index contributed by atoms with van der Waals surface area (Å²) >= 11 is 1.56. The number of thiazole rings is 1. The van der Waals surface area contributed by atoms with Gasteiger partial charge in [-0.05, 0) is 6.92 Å². The normalized spacial score (nSPS) is 15.8. The van der Waals surface area contributed by atoms with Gasteiger partial charge in [-0.3, -0.25) is 4.40 Å². The van der Waals surface area contributed by atoms with Gasteiger partial charge in [0, 0.05) is 11.6 Å². The highest BCUT2D eigenvalue weighted by Crippen LogP contribution is 2.18. The maximum atomic E-state index is 10.8. The van der Waals surface area contributed by atoms with Crippen LogP contribution in [0.1, 0.15) is 11.4 Å². The van der Waals surface area contributed by atoms with Crippen LogP contribution in [0.2, 0.25) is 0 Å². The number of cyclic esters (lactones) is 1. The fourth-order valence-electron chi connectivity index (χ4n) is 1.67. The van der Waals surface area contributed by atoms with Crippen LogP contribution in [0.3, 0.4) is 0 Å². The number of aromatic nitrogens is 2. The number of imidazole rings is 1. The summed E-state index contributed by atoms with van der Waals surface area (Å²) in [5, 5.41) is 5.93. The lowest BCUT2D eigenvalue weighted by molar-refractivity contribution is 0.157. The Hall–Kier alpha value is -1.89. The number of ether oxygens (including phenoxy) is 1. The van der Waals surface area contributed by atoms with Crippen LogP contribution in [0, 0.1) is 6.92 Å². The zero-order chi connectivity index (χ0) is 11.1. The summed E-state index contributed by atoms with van der Waals surface area (Å²) in [4.78, 5) is 16.1. The zero-order valence-electron chi connectivity index (χ0n) is 8.43. The van der Waals surface area contributed by atoms with Gasteiger partial charge in [-0.25, -0.2) is 15.2 Å². The molecule has 0 spiro atoms. The first-order valence-electron chi connectivity index (χ1n) is 4.67. The van der Waals surface area contributed by atoms with Crippen molar-refractivity contribution in [2.24, 2.45) is 5.10 Å². The third kappa shape index (κ3) is 1.28. The molecule has 0 saturated heterocycles. The van der Waals surface area contributed by atoms with Crippen molar-refractivity contribution >= 4 is 28.1 Å². The van der Waals surface area contributed by atoms with Crippen LogP contribution < -0.4 is 5.43 Å². The summed E-state index contributed by atoms with van der Waals surface area (Å²) in [6, 6.07) is 0. The molecule has 82 valence electrons. The molecule has 0 fully saturated rings. The summed E-state index contributed by atoms with van der Waals surface area (Å²) < 4.78 is 6.82. The Morgan fingerprint density at radius 3 is 3.25 bits per heavy atom. The Bertz CT molecular complexity index is 598. The van der Waals surface area contributed by atoms with E-state index in [1.165, 1.54) is 0 Å².